The van der Waals surface area contributed by atoms with Crippen LogP contribution in [0.2, 0.25) is 0 Å². The molecular weight excluding hydrogens is 264 g/mol. The van der Waals surface area contributed by atoms with Gasteiger partial charge in [-0.15, -0.1) is 0 Å². The van der Waals surface area contributed by atoms with Gasteiger partial charge in [-0.25, -0.2) is 4.98 Å². The lowest BCUT2D eigenvalue weighted by Gasteiger charge is -2.27. The number of nitrogens with zero attached hydrogens (tertiary/aromatic N) is 1. The highest BCUT2D eigenvalue weighted by Crippen LogP contribution is 2.27. The van der Waals surface area contributed by atoms with Crippen molar-refractivity contribution in [3.63, 3.8) is 0 Å². The van der Waals surface area contributed by atoms with Crippen LogP contribution < -0.4 is 5.56 Å². The van der Waals surface area contributed by atoms with Crippen molar-refractivity contribution < 1.29 is 4.74 Å². The Morgan fingerprint density at radius 1 is 1.24 bits per heavy atom. The predicted molar refractivity (Wildman–Crippen MR) is 84.3 cm³/mol. The Bertz CT molecular complexity index is 664. The molecule has 0 fully saturated rings. The third kappa shape index (κ3) is 3.05. The average Bonchev–Trinajstić information content (AvgIpc) is 2.50. The summed E-state index contributed by atoms with van der Waals surface area (Å²) in [6.45, 7) is 8.29. The number of hydrogen-bond donors (Lipinski definition) is 1. The van der Waals surface area contributed by atoms with Gasteiger partial charge in [-0.1, -0.05) is 37.3 Å². The van der Waals surface area contributed by atoms with Crippen LogP contribution in [0.4, 0.5) is 0 Å². The SMILES string of the molecule is CCOC(C)(CC)c1nc(-c2ccccc2)c(C)c(=O)[nH]1. The van der Waals surface area contributed by atoms with Gasteiger partial charge in [0.05, 0.1) is 5.69 Å². The summed E-state index contributed by atoms with van der Waals surface area (Å²) in [6.07, 6.45) is 0.737. The summed E-state index contributed by atoms with van der Waals surface area (Å²) in [5.41, 5.74) is 1.59. The van der Waals surface area contributed by atoms with E-state index in [4.69, 9.17) is 4.74 Å². The van der Waals surface area contributed by atoms with Crippen molar-refractivity contribution in [3.05, 3.63) is 52.1 Å². The van der Waals surface area contributed by atoms with E-state index in [1.54, 1.807) is 6.92 Å². The fraction of sp³-hybridized carbons (Fsp3) is 0.412. The Hall–Kier alpha value is -1.94. The van der Waals surface area contributed by atoms with Gasteiger partial charge in [-0.3, -0.25) is 4.79 Å². The lowest BCUT2D eigenvalue weighted by Crippen LogP contribution is -2.31. The Morgan fingerprint density at radius 2 is 1.90 bits per heavy atom. The van der Waals surface area contributed by atoms with E-state index < -0.39 is 5.60 Å². The van der Waals surface area contributed by atoms with E-state index in [-0.39, 0.29) is 5.56 Å². The van der Waals surface area contributed by atoms with Crippen molar-refractivity contribution in [3.8, 4) is 11.3 Å². The van der Waals surface area contributed by atoms with Gasteiger partial charge in [0.1, 0.15) is 11.4 Å². The smallest absolute Gasteiger partial charge is 0.254 e. The van der Waals surface area contributed by atoms with Crippen LogP contribution in [-0.2, 0) is 10.3 Å². The van der Waals surface area contributed by atoms with Crippen LogP contribution in [0.3, 0.4) is 0 Å². The van der Waals surface area contributed by atoms with Crippen molar-refractivity contribution in [2.45, 2.75) is 39.7 Å². The molecule has 112 valence electrons. The molecule has 0 amide bonds. The molecular formula is C17H22N2O2. The average molecular weight is 286 g/mol. The Morgan fingerprint density at radius 3 is 2.48 bits per heavy atom. The molecule has 1 heterocycles. The maximum absolute atomic E-state index is 12.2. The molecule has 1 unspecified atom stereocenters. The molecule has 0 aliphatic heterocycles. The highest BCUT2D eigenvalue weighted by Gasteiger charge is 2.29. The zero-order chi connectivity index (χ0) is 15.5. The molecule has 2 aromatic rings. The standard InChI is InChI=1S/C17H22N2O2/c1-5-17(4,21-6-2)16-18-14(12(3)15(20)19-16)13-10-8-7-9-11-13/h7-11H,5-6H2,1-4H3,(H,18,19,20). The molecule has 1 atom stereocenters. The molecule has 1 aromatic heterocycles. The van der Waals surface area contributed by atoms with Crippen molar-refractivity contribution in [1.29, 1.82) is 0 Å². The molecule has 2 rings (SSSR count). The van der Waals surface area contributed by atoms with Gasteiger partial charge in [0.25, 0.3) is 5.56 Å². The van der Waals surface area contributed by atoms with Crippen LogP contribution in [0.15, 0.2) is 35.1 Å². The largest absolute Gasteiger partial charge is 0.368 e. The van der Waals surface area contributed by atoms with Gasteiger partial charge in [0, 0.05) is 17.7 Å². The van der Waals surface area contributed by atoms with E-state index in [1.165, 1.54) is 0 Å². The topological polar surface area (TPSA) is 55.0 Å². The third-order valence-electron chi connectivity index (χ3n) is 3.84. The van der Waals surface area contributed by atoms with Gasteiger partial charge in [0.2, 0.25) is 0 Å². The summed E-state index contributed by atoms with van der Waals surface area (Å²) >= 11 is 0. The summed E-state index contributed by atoms with van der Waals surface area (Å²) < 4.78 is 5.82. The first kappa shape index (κ1) is 15.4. The second-order valence-electron chi connectivity index (χ2n) is 5.27. The van der Waals surface area contributed by atoms with E-state index in [0.717, 1.165) is 12.0 Å². The number of ether oxygens (including phenoxy) is 1. The van der Waals surface area contributed by atoms with E-state index in [1.807, 2.05) is 51.1 Å². The zero-order valence-electron chi connectivity index (χ0n) is 13.1. The van der Waals surface area contributed by atoms with Crippen LogP contribution in [0, 0.1) is 6.92 Å². The molecule has 0 spiro atoms. The minimum atomic E-state index is -0.578. The van der Waals surface area contributed by atoms with Crippen LogP contribution in [0.25, 0.3) is 11.3 Å². The number of nitrogens with one attached hydrogen (secondary N) is 1. The van der Waals surface area contributed by atoms with Gasteiger partial charge < -0.3 is 9.72 Å². The van der Waals surface area contributed by atoms with Gasteiger partial charge >= 0.3 is 0 Å². The molecule has 0 saturated heterocycles. The summed E-state index contributed by atoms with van der Waals surface area (Å²) in [6, 6.07) is 9.76. The van der Waals surface area contributed by atoms with E-state index in [9.17, 15) is 4.79 Å². The predicted octanol–water partition coefficient (Wildman–Crippen LogP) is 3.41. The monoisotopic (exact) mass is 286 g/mol. The van der Waals surface area contributed by atoms with Crippen LogP contribution in [0.5, 0.6) is 0 Å². The molecule has 21 heavy (non-hydrogen) atoms. The lowest BCUT2D eigenvalue weighted by molar-refractivity contribution is -0.0391. The molecule has 4 nitrogen and oxygen atoms in total. The molecule has 0 aliphatic carbocycles. The Kier molecular flexibility index (Phi) is 4.58. The second-order valence-corrected chi connectivity index (χ2v) is 5.27. The van der Waals surface area contributed by atoms with E-state index in [2.05, 4.69) is 9.97 Å². The first-order chi connectivity index (χ1) is 10.0. The van der Waals surface area contributed by atoms with Gasteiger partial charge in [-0.2, -0.15) is 0 Å². The number of benzene rings is 1. The van der Waals surface area contributed by atoms with Crippen LogP contribution in [0.1, 0.15) is 38.6 Å². The zero-order valence-corrected chi connectivity index (χ0v) is 13.1. The highest BCUT2D eigenvalue weighted by molar-refractivity contribution is 5.62. The minimum absolute atomic E-state index is 0.113. The van der Waals surface area contributed by atoms with Gasteiger partial charge in [0.15, 0.2) is 0 Å². The molecule has 0 aliphatic rings. The van der Waals surface area contributed by atoms with Crippen molar-refractivity contribution in [1.82, 2.24) is 9.97 Å². The number of rotatable bonds is 5. The van der Waals surface area contributed by atoms with E-state index in [0.29, 0.717) is 23.7 Å². The third-order valence-corrected chi connectivity index (χ3v) is 3.84. The lowest BCUT2D eigenvalue weighted by atomic mass is 10.0. The van der Waals surface area contributed by atoms with Crippen molar-refractivity contribution in [2.24, 2.45) is 0 Å². The maximum Gasteiger partial charge on any atom is 0.254 e. The Balaban J connectivity index is 2.61. The maximum atomic E-state index is 12.2. The number of aromatic nitrogens is 2. The first-order valence-corrected chi connectivity index (χ1v) is 7.32. The van der Waals surface area contributed by atoms with Crippen molar-refractivity contribution >= 4 is 0 Å². The van der Waals surface area contributed by atoms with Crippen LogP contribution >= 0.6 is 0 Å². The highest BCUT2D eigenvalue weighted by atomic mass is 16.5. The molecule has 0 bridgehead atoms. The summed E-state index contributed by atoms with van der Waals surface area (Å²) in [7, 11) is 0. The normalized spacial score (nSPS) is 13.9. The minimum Gasteiger partial charge on any atom is -0.368 e. The molecule has 0 saturated carbocycles. The molecule has 4 heteroatoms. The quantitative estimate of drug-likeness (QED) is 0.916. The summed E-state index contributed by atoms with van der Waals surface area (Å²) in [5.74, 6) is 0.585. The second kappa shape index (κ2) is 6.22. The summed E-state index contributed by atoms with van der Waals surface area (Å²) in [5, 5.41) is 0. The molecule has 1 N–H and O–H groups in total. The summed E-state index contributed by atoms with van der Waals surface area (Å²) in [4.78, 5) is 19.8. The Labute approximate surface area is 125 Å². The number of hydrogen-bond acceptors (Lipinski definition) is 3. The number of aromatic amines is 1. The number of H-pyrrole nitrogens is 1. The fourth-order valence-corrected chi connectivity index (χ4v) is 2.32. The molecule has 1 aromatic carbocycles. The van der Waals surface area contributed by atoms with Gasteiger partial charge in [-0.05, 0) is 27.2 Å². The fourth-order valence-electron chi connectivity index (χ4n) is 2.32. The first-order valence-electron chi connectivity index (χ1n) is 7.32. The molecule has 0 radical (unpaired) electrons. The van der Waals surface area contributed by atoms with E-state index >= 15 is 0 Å². The van der Waals surface area contributed by atoms with Crippen LogP contribution in [-0.4, -0.2) is 16.6 Å². The van der Waals surface area contributed by atoms with Crippen molar-refractivity contribution in [2.75, 3.05) is 6.61 Å².